The van der Waals surface area contributed by atoms with Crippen LogP contribution in [0.3, 0.4) is 0 Å². The summed E-state index contributed by atoms with van der Waals surface area (Å²) in [6, 6.07) is 5.79. The van der Waals surface area contributed by atoms with Crippen LogP contribution < -0.4 is 5.32 Å². The second-order valence-corrected chi connectivity index (χ2v) is 5.33. The number of benzene rings is 1. The Balaban J connectivity index is 1.98. The Kier molecular flexibility index (Phi) is 3.88. The van der Waals surface area contributed by atoms with Gasteiger partial charge in [-0.1, -0.05) is 6.07 Å². The number of aryl methyl sites for hydroxylation is 2. The number of carbonyl (C=O) groups excluding carboxylic acids is 1. The minimum atomic E-state index is -0.790. The lowest BCUT2D eigenvalue weighted by atomic mass is 10.0. The third-order valence-electron chi connectivity index (χ3n) is 3.93. The van der Waals surface area contributed by atoms with Crippen molar-refractivity contribution in [3.8, 4) is 0 Å². The van der Waals surface area contributed by atoms with Crippen LogP contribution in [0.4, 0.5) is 5.69 Å². The van der Waals surface area contributed by atoms with Crippen LogP contribution in [-0.4, -0.2) is 17.0 Å². The molecule has 1 amide bonds. The number of amides is 1. The van der Waals surface area contributed by atoms with Gasteiger partial charge in [-0.05, 0) is 56.4 Å². The van der Waals surface area contributed by atoms with Crippen molar-refractivity contribution in [3.05, 3.63) is 29.3 Å². The lowest BCUT2D eigenvalue weighted by Gasteiger charge is -2.12. The highest BCUT2D eigenvalue weighted by Gasteiger charge is 2.33. The van der Waals surface area contributed by atoms with Crippen molar-refractivity contribution >= 4 is 17.6 Å². The third kappa shape index (κ3) is 3.13. The Bertz CT molecular complexity index is 510. The summed E-state index contributed by atoms with van der Waals surface area (Å²) in [5, 5.41) is 11.8. The second-order valence-electron chi connectivity index (χ2n) is 5.33. The van der Waals surface area contributed by atoms with Crippen molar-refractivity contribution in [2.45, 2.75) is 33.1 Å². The van der Waals surface area contributed by atoms with E-state index in [1.165, 1.54) is 5.56 Å². The van der Waals surface area contributed by atoms with E-state index >= 15 is 0 Å². The molecule has 2 atom stereocenters. The van der Waals surface area contributed by atoms with Gasteiger partial charge in [-0.2, -0.15) is 0 Å². The molecule has 0 saturated heterocycles. The fraction of sp³-hybridized carbons (Fsp3) is 0.467. The zero-order valence-corrected chi connectivity index (χ0v) is 11.3. The van der Waals surface area contributed by atoms with E-state index in [0.717, 1.165) is 11.3 Å². The van der Waals surface area contributed by atoms with Gasteiger partial charge in [-0.15, -0.1) is 0 Å². The van der Waals surface area contributed by atoms with Gasteiger partial charge < -0.3 is 10.4 Å². The molecule has 0 spiro atoms. The van der Waals surface area contributed by atoms with Crippen LogP contribution >= 0.6 is 0 Å². The Morgan fingerprint density at radius 3 is 2.42 bits per heavy atom. The minimum absolute atomic E-state index is 0.0630. The maximum absolute atomic E-state index is 12.1. The highest BCUT2D eigenvalue weighted by atomic mass is 16.4. The molecule has 4 heteroatoms. The molecule has 0 bridgehead atoms. The molecule has 2 unspecified atom stereocenters. The van der Waals surface area contributed by atoms with Crippen LogP contribution in [0.5, 0.6) is 0 Å². The second kappa shape index (κ2) is 5.43. The van der Waals surface area contributed by atoms with Crippen LogP contribution in [-0.2, 0) is 9.59 Å². The Morgan fingerprint density at radius 1 is 1.16 bits per heavy atom. The van der Waals surface area contributed by atoms with Gasteiger partial charge in [0.15, 0.2) is 0 Å². The normalized spacial score (nSPS) is 22.2. The Labute approximate surface area is 112 Å². The molecule has 102 valence electrons. The Morgan fingerprint density at radius 2 is 1.84 bits per heavy atom. The standard InChI is InChI=1S/C15H19NO3/c1-9-3-6-13(7-10(9)2)16-14(17)11-4-5-12(8-11)15(18)19/h3,6-7,11-12H,4-5,8H2,1-2H3,(H,16,17)(H,18,19). The average molecular weight is 261 g/mol. The average Bonchev–Trinajstić information content (AvgIpc) is 2.83. The van der Waals surface area contributed by atoms with Crippen LogP contribution in [0.1, 0.15) is 30.4 Å². The zero-order valence-electron chi connectivity index (χ0n) is 11.3. The van der Waals surface area contributed by atoms with Crippen LogP contribution in [0.25, 0.3) is 0 Å². The number of hydrogen-bond donors (Lipinski definition) is 2. The number of aliphatic carboxylic acids is 1. The topological polar surface area (TPSA) is 66.4 Å². The third-order valence-corrected chi connectivity index (χ3v) is 3.93. The fourth-order valence-corrected chi connectivity index (χ4v) is 2.51. The number of carbonyl (C=O) groups is 2. The molecule has 19 heavy (non-hydrogen) atoms. The summed E-state index contributed by atoms with van der Waals surface area (Å²) in [6.45, 7) is 4.02. The molecule has 2 N–H and O–H groups in total. The monoisotopic (exact) mass is 261 g/mol. The largest absolute Gasteiger partial charge is 0.481 e. The van der Waals surface area contributed by atoms with Crippen molar-refractivity contribution in [3.63, 3.8) is 0 Å². The number of anilines is 1. The highest BCUT2D eigenvalue weighted by Crippen LogP contribution is 2.32. The first kappa shape index (κ1) is 13.6. The molecule has 0 heterocycles. The van der Waals surface area contributed by atoms with E-state index in [1.54, 1.807) is 0 Å². The van der Waals surface area contributed by atoms with E-state index in [0.29, 0.717) is 19.3 Å². The minimum Gasteiger partial charge on any atom is -0.481 e. The number of nitrogens with one attached hydrogen (secondary N) is 1. The summed E-state index contributed by atoms with van der Waals surface area (Å²) in [4.78, 5) is 23.0. The van der Waals surface area contributed by atoms with Gasteiger partial charge in [0.2, 0.25) is 5.91 Å². The molecule has 1 fully saturated rings. The quantitative estimate of drug-likeness (QED) is 0.879. The first-order chi connectivity index (χ1) is 8.97. The molecule has 1 aromatic carbocycles. The fourth-order valence-electron chi connectivity index (χ4n) is 2.51. The van der Waals surface area contributed by atoms with Gasteiger partial charge in [0.05, 0.1) is 5.92 Å². The number of hydrogen-bond acceptors (Lipinski definition) is 2. The molecule has 0 aliphatic heterocycles. The molecular formula is C15H19NO3. The van der Waals surface area contributed by atoms with E-state index in [-0.39, 0.29) is 17.7 Å². The van der Waals surface area contributed by atoms with Crippen molar-refractivity contribution in [1.29, 1.82) is 0 Å². The van der Waals surface area contributed by atoms with Crippen molar-refractivity contribution in [2.24, 2.45) is 11.8 Å². The van der Waals surface area contributed by atoms with Gasteiger partial charge in [0.1, 0.15) is 0 Å². The van der Waals surface area contributed by atoms with E-state index in [1.807, 2.05) is 32.0 Å². The van der Waals surface area contributed by atoms with Crippen molar-refractivity contribution in [2.75, 3.05) is 5.32 Å². The molecule has 0 radical (unpaired) electrons. The summed E-state index contributed by atoms with van der Waals surface area (Å²) < 4.78 is 0. The zero-order chi connectivity index (χ0) is 14.0. The molecule has 1 aliphatic rings. The van der Waals surface area contributed by atoms with Gasteiger partial charge in [-0.3, -0.25) is 9.59 Å². The van der Waals surface area contributed by atoms with Crippen LogP contribution in [0.15, 0.2) is 18.2 Å². The van der Waals surface area contributed by atoms with E-state index in [2.05, 4.69) is 5.32 Å². The molecule has 1 aromatic rings. The van der Waals surface area contributed by atoms with Gasteiger partial charge >= 0.3 is 5.97 Å². The summed E-state index contributed by atoms with van der Waals surface area (Å²) in [7, 11) is 0. The Hall–Kier alpha value is -1.84. The molecule has 1 aliphatic carbocycles. The first-order valence-electron chi connectivity index (χ1n) is 6.58. The van der Waals surface area contributed by atoms with Gasteiger partial charge in [-0.25, -0.2) is 0 Å². The highest BCUT2D eigenvalue weighted by molar-refractivity contribution is 5.93. The molecule has 0 aromatic heterocycles. The summed E-state index contributed by atoms with van der Waals surface area (Å²) >= 11 is 0. The predicted octanol–water partition coefficient (Wildman–Crippen LogP) is 2.74. The van der Waals surface area contributed by atoms with Crippen molar-refractivity contribution in [1.82, 2.24) is 0 Å². The predicted molar refractivity (Wildman–Crippen MR) is 73.0 cm³/mol. The molecule has 4 nitrogen and oxygen atoms in total. The lowest BCUT2D eigenvalue weighted by Crippen LogP contribution is -2.21. The maximum atomic E-state index is 12.1. The molecule has 2 rings (SSSR count). The summed E-state index contributed by atoms with van der Waals surface area (Å²) in [5.41, 5.74) is 3.10. The smallest absolute Gasteiger partial charge is 0.306 e. The number of carboxylic acid groups (broad SMARTS) is 1. The number of rotatable bonds is 3. The summed E-state index contributed by atoms with van der Waals surface area (Å²) in [6.07, 6.45) is 1.71. The SMILES string of the molecule is Cc1ccc(NC(=O)C2CCC(C(=O)O)C2)cc1C. The summed E-state index contributed by atoms with van der Waals surface area (Å²) in [5.74, 6) is -1.40. The van der Waals surface area contributed by atoms with E-state index < -0.39 is 5.97 Å². The van der Waals surface area contributed by atoms with Gasteiger partial charge in [0, 0.05) is 11.6 Å². The van der Waals surface area contributed by atoms with E-state index in [4.69, 9.17) is 5.11 Å². The van der Waals surface area contributed by atoms with Crippen LogP contribution in [0, 0.1) is 25.7 Å². The lowest BCUT2D eigenvalue weighted by molar-refractivity contribution is -0.141. The van der Waals surface area contributed by atoms with Crippen molar-refractivity contribution < 1.29 is 14.7 Å². The number of carboxylic acids is 1. The van der Waals surface area contributed by atoms with E-state index in [9.17, 15) is 9.59 Å². The molecule has 1 saturated carbocycles. The maximum Gasteiger partial charge on any atom is 0.306 e. The molecular weight excluding hydrogens is 242 g/mol. The first-order valence-corrected chi connectivity index (χ1v) is 6.58. The van der Waals surface area contributed by atoms with Gasteiger partial charge in [0.25, 0.3) is 0 Å². The van der Waals surface area contributed by atoms with Crippen LogP contribution in [0.2, 0.25) is 0 Å².